The van der Waals surface area contributed by atoms with E-state index in [2.05, 4.69) is 5.18 Å². The highest BCUT2D eigenvalue weighted by Gasteiger charge is 2.19. The quantitative estimate of drug-likeness (QED) is 0.168. The van der Waals surface area contributed by atoms with Gasteiger partial charge in [0, 0.05) is 5.56 Å². The van der Waals surface area contributed by atoms with E-state index in [1.807, 2.05) is 54.6 Å². The maximum Gasteiger partial charge on any atom is 0.191 e. The Morgan fingerprint density at radius 2 is 1.51 bits per heavy atom. The fourth-order valence-electron chi connectivity index (χ4n) is 3.67. The predicted molar refractivity (Wildman–Crippen MR) is 138 cm³/mol. The number of hydrogen-bond donors (Lipinski definition) is 0. The molecular formula is C27H26N2O5S. The second-order valence-corrected chi connectivity index (χ2v) is 8.61. The van der Waals surface area contributed by atoms with Crippen LogP contribution in [0.25, 0.3) is 21.0 Å². The number of rotatable bonds is 11. The van der Waals surface area contributed by atoms with Crippen molar-refractivity contribution in [1.29, 1.82) is 0 Å². The van der Waals surface area contributed by atoms with Crippen molar-refractivity contribution >= 4 is 17.0 Å². The van der Waals surface area contributed by atoms with E-state index in [4.69, 9.17) is 23.9 Å². The Labute approximate surface area is 208 Å². The van der Waals surface area contributed by atoms with Crippen LogP contribution in [0.2, 0.25) is 0 Å². The van der Waals surface area contributed by atoms with Crippen LogP contribution < -0.4 is 18.9 Å². The number of nitroso groups, excluding NO2 is 1. The van der Waals surface area contributed by atoms with Gasteiger partial charge in [0.25, 0.3) is 0 Å². The largest absolute Gasteiger partial charge is 0.497 e. The van der Waals surface area contributed by atoms with Gasteiger partial charge in [-0.25, -0.2) is 4.98 Å². The van der Waals surface area contributed by atoms with E-state index in [0.29, 0.717) is 18.1 Å². The standard InChI is InChI=1S/C27H26N2O5S/c1-31-20-13-11-18(12-14-20)26-22(10-7-15-34-21-8-5-4-6-9-21)28-27(35-26)19-16-23(32-2)25(29-30)24(17-19)33-3/h4-6,8-9,11-14,16-17H,7,10,15H2,1-3H3. The molecule has 3 aromatic carbocycles. The summed E-state index contributed by atoms with van der Waals surface area (Å²) in [6, 6.07) is 21.2. The van der Waals surface area contributed by atoms with Gasteiger partial charge < -0.3 is 18.9 Å². The topological polar surface area (TPSA) is 79.2 Å². The number of aromatic nitrogens is 1. The zero-order valence-electron chi connectivity index (χ0n) is 19.8. The van der Waals surface area contributed by atoms with Gasteiger partial charge in [-0.05, 0) is 72.1 Å². The van der Waals surface area contributed by atoms with E-state index in [0.717, 1.165) is 51.0 Å². The van der Waals surface area contributed by atoms with Crippen LogP contribution in [0, 0.1) is 4.91 Å². The minimum atomic E-state index is 0.129. The molecule has 0 atom stereocenters. The molecule has 7 nitrogen and oxygen atoms in total. The van der Waals surface area contributed by atoms with Gasteiger partial charge >= 0.3 is 0 Å². The van der Waals surface area contributed by atoms with Crippen LogP contribution in [-0.2, 0) is 6.42 Å². The Kier molecular flexibility index (Phi) is 7.95. The molecule has 0 N–H and O–H groups in total. The van der Waals surface area contributed by atoms with Crippen molar-refractivity contribution in [1.82, 2.24) is 4.98 Å². The normalized spacial score (nSPS) is 10.6. The fourth-order valence-corrected chi connectivity index (χ4v) is 4.77. The van der Waals surface area contributed by atoms with Crippen LogP contribution in [0.5, 0.6) is 23.0 Å². The molecule has 0 spiro atoms. The Morgan fingerprint density at radius 3 is 2.11 bits per heavy atom. The monoisotopic (exact) mass is 490 g/mol. The molecule has 0 saturated carbocycles. The van der Waals surface area contributed by atoms with E-state index >= 15 is 0 Å². The van der Waals surface area contributed by atoms with Gasteiger partial charge in [-0.3, -0.25) is 0 Å². The third-order valence-electron chi connectivity index (χ3n) is 5.44. The van der Waals surface area contributed by atoms with E-state index < -0.39 is 0 Å². The third-order valence-corrected chi connectivity index (χ3v) is 6.63. The molecule has 0 fully saturated rings. The average Bonchev–Trinajstić information content (AvgIpc) is 3.35. The minimum Gasteiger partial charge on any atom is -0.497 e. The van der Waals surface area contributed by atoms with Crippen LogP contribution in [-0.4, -0.2) is 32.9 Å². The van der Waals surface area contributed by atoms with Crippen LogP contribution in [0.1, 0.15) is 12.1 Å². The molecule has 35 heavy (non-hydrogen) atoms. The number of aryl methyl sites for hydroxylation is 1. The maximum atomic E-state index is 11.3. The van der Waals surface area contributed by atoms with Crippen LogP contribution in [0.3, 0.4) is 0 Å². The number of nitrogens with zero attached hydrogens (tertiary/aromatic N) is 2. The van der Waals surface area contributed by atoms with Gasteiger partial charge in [0.05, 0.1) is 38.5 Å². The summed E-state index contributed by atoms with van der Waals surface area (Å²) in [7, 11) is 4.64. The number of hydrogen-bond acceptors (Lipinski definition) is 8. The van der Waals surface area contributed by atoms with Crippen molar-refractivity contribution in [2.24, 2.45) is 5.18 Å². The highest BCUT2D eigenvalue weighted by Crippen LogP contribution is 2.44. The summed E-state index contributed by atoms with van der Waals surface area (Å²) in [5.74, 6) is 2.33. The Hall–Kier alpha value is -3.91. The van der Waals surface area contributed by atoms with Crippen LogP contribution in [0.4, 0.5) is 5.69 Å². The van der Waals surface area contributed by atoms with E-state index in [9.17, 15) is 4.91 Å². The third kappa shape index (κ3) is 5.60. The minimum absolute atomic E-state index is 0.129. The summed E-state index contributed by atoms with van der Waals surface area (Å²) >= 11 is 1.57. The van der Waals surface area contributed by atoms with Gasteiger partial charge in [0.15, 0.2) is 17.2 Å². The second kappa shape index (κ2) is 11.5. The summed E-state index contributed by atoms with van der Waals surface area (Å²) in [6.07, 6.45) is 1.55. The van der Waals surface area contributed by atoms with Crippen LogP contribution >= 0.6 is 11.3 Å². The summed E-state index contributed by atoms with van der Waals surface area (Å²) in [6.45, 7) is 0.584. The lowest BCUT2D eigenvalue weighted by atomic mass is 10.1. The first-order valence-corrected chi connectivity index (χ1v) is 11.9. The molecule has 0 unspecified atom stereocenters. The summed E-state index contributed by atoms with van der Waals surface area (Å²) in [5.41, 5.74) is 2.95. The second-order valence-electron chi connectivity index (χ2n) is 7.61. The van der Waals surface area contributed by atoms with Gasteiger partial charge in [0.1, 0.15) is 16.5 Å². The van der Waals surface area contributed by atoms with Crippen molar-refractivity contribution < 1.29 is 18.9 Å². The highest BCUT2D eigenvalue weighted by molar-refractivity contribution is 7.18. The molecule has 0 aliphatic carbocycles. The van der Waals surface area contributed by atoms with Gasteiger partial charge in [-0.1, -0.05) is 18.2 Å². The number of thiazole rings is 1. The summed E-state index contributed by atoms with van der Waals surface area (Å²) < 4.78 is 21.9. The molecule has 4 rings (SSSR count). The highest BCUT2D eigenvalue weighted by atomic mass is 32.1. The Morgan fingerprint density at radius 1 is 0.829 bits per heavy atom. The maximum absolute atomic E-state index is 11.3. The molecule has 0 aliphatic heterocycles. The van der Waals surface area contributed by atoms with Crippen molar-refractivity contribution in [3.8, 4) is 44.0 Å². The number of benzene rings is 3. The average molecular weight is 491 g/mol. The first kappa shape index (κ1) is 24.2. The van der Waals surface area contributed by atoms with Crippen LogP contribution in [0.15, 0.2) is 71.9 Å². The van der Waals surface area contributed by atoms with E-state index in [-0.39, 0.29) is 5.69 Å². The lowest BCUT2D eigenvalue weighted by Gasteiger charge is -2.09. The Bertz CT molecular complexity index is 1250. The molecule has 4 aromatic rings. The smallest absolute Gasteiger partial charge is 0.191 e. The lowest BCUT2D eigenvalue weighted by molar-refractivity contribution is 0.310. The number of methoxy groups -OCH3 is 3. The zero-order valence-corrected chi connectivity index (χ0v) is 20.6. The molecule has 0 saturated heterocycles. The molecule has 0 radical (unpaired) electrons. The molecule has 180 valence electrons. The van der Waals surface area contributed by atoms with Crippen molar-refractivity contribution in [3.05, 3.63) is 77.3 Å². The molecule has 0 aliphatic rings. The zero-order chi connectivity index (χ0) is 24.6. The Balaban J connectivity index is 1.65. The summed E-state index contributed by atoms with van der Waals surface area (Å²) in [5, 5.41) is 3.86. The van der Waals surface area contributed by atoms with E-state index in [1.165, 1.54) is 14.2 Å². The van der Waals surface area contributed by atoms with Gasteiger partial charge in [0.2, 0.25) is 0 Å². The molecular weight excluding hydrogens is 464 g/mol. The first-order valence-electron chi connectivity index (χ1n) is 11.1. The van der Waals surface area contributed by atoms with Crippen molar-refractivity contribution in [2.75, 3.05) is 27.9 Å². The number of ether oxygens (including phenoxy) is 4. The lowest BCUT2D eigenvalue weighted by Crippen LogP contribution is -2.00. The van der Waals surface area contributed by atoms with Gasteiger partial charge in [-0.2, -0.15) is 0 Å². The molecule has 1 aromatic heterocycles. The predicted octanol–water partition coefficient (Wildman–Crippen LogP) is 6.91. The van der Waals surface area contributed by atoms with E-state index in [1.54, 1.807) is 30.6 Å². The van der Waals surface area contributed by atoms with Crippen molar-refractivity contribution in [2.45, 2.75) is 12.8 Å². The number of para-hydroxylation sites is 1. The SMILES string of the molecule is COc1ccc(-c2sc(-c3cc(OC)c(N=O)c(OC)c3)nc2CCCOc2ccccc2)cc1. The van der Waals surface area contributed by atoms with Crippen molar-refractivity contribution in [3.63, 3.8) is 0 Å². The fraction of sp³-hybridized carbons (Fsp3) is 0.222. The molecule has 0 amide bonds. The first-order chi connectivity index (χ1) is 17.2. The molecule has 0 bridgehead atoms. The molecule has 8 heteroatoms. The summed E-state index contributed by atoms with van der Waals surface area (Å²) in [4.78, 5) is 17.3. The molecule has 1 heterocycles. The van der Waals surface area contributed by atoms with Gasteiger partial charge in [-0.15, -0.1) is 16.2 Å².